The molecule has 0 fully saturated rings. The third-order valence-electron chi connectivity index (χ3n) is 3.26. The van der Waals surface area contributed by atoms with Crippen molar-refractivity contribution < 1.29 is 14.3 Å². The Morgan fingerprint density at radius 3 is 2.72 bits per heavy atom. The highest BCUT2D eigenvalue weighted by Gasteiger charge is 2.20. The summed E-state index contributed by atoms with van der Waals surface area (Å²) in [6.45, 7) is 6.34. The highest BCUT2D eigenvalue weighted by Crippen LogP contribution is 2.25. The molecule has 0 bridgehead atoms. The molecule has 0 aliphatic rings. The van der Waals surface area contributed by atoms with Crippen LogP contribution in [0, 0.1) is 0 Å². The summed E-state index contributed by atoms with van der Waals surface area (Å²) >= 11 is 0. The second-order valence-electron chi connectivity index (χ2n) is 5.13. The molecular weight excluding hydrogens is 228 g/mol. The third-order valence-corrected chi connectivity index (χ3v) is 3.26. The van der Waals surface area contributed by atoms with Crippen molar-refractivity contribution in [2.24, 2.45) is 0 Å². The average molecular weight is 248 g/mol. The number of aliphatic hydroxyl groups excluding tert-OH is 1. The smallest absolute Gasteiger partial charge is 0.136 e. The maximum atomic E-state index is 10.1. The lowest BCUT2D eigenvalue weighted by atomic mass is 10.1. The molecule has 0 aliphatic carbocycles. The standard InChI is InChI=1S/C15H20O3/c1-4-15(2,3)17-10-12(16)14-9-11-7-5-6-8-13(11)18-14/h5-9,12,16H,4,10H2,1-3H3. The Balaban J connectivity index is 2.07. The maximum absolute atomic E-state index is 10.1. The van der Waals surface area contributed by atoms with Crippen molar-refractivity contribution in [3.63, 3.8) is 0 Å². The van der Waals surface area contributed by atoms with Gasteiger partial charge in [0.1, 0.15) is 17.4 Å². The van der Waals surface area contributed by atoms with Gasteiger partial charge in [0.15, 0.2) is 0 Å². The summed E-state index contributed by atoms with van der Waals surface area (Å²) in [5.74, 6) is 0.558. The fourth-order valence-corrected chi connectivity index (χ4v) is 1.66. The molecule has 0 saturated heterocycles. The molecule has 3 heteroatoms. The number of rotatable bonds is 5. The van der Waals surface area contributed by atoms with Crippen molar-refractivity contribution in [2.45, 2.75) is 38.9 Å². The van der Waals surface area contributed by atoms with Gasteiger partial charge < -0.3 is 14.3 Å². The van der Waals surface area contributed by atoms with Crippen LogP contribution in [0.5, 0.6) is 0 Å². The lowest BCUT2D eigenvalue weighted by molar-refractivity contribution is -0.0660. The molecule has 0 radical (unpaired) electrons. The van der Waals surface area contributed by atoms with Gasteiger partial charge >= 0.3 is 0 Å². The van der Waals surface area contributed by atoms with Gasteiger partial charge in [-0.3, -0.25) is 0 Å². The lowest BCUT2D eigenvalue weighted by Crippen LogP contribution is -2.25. The van der Waals surface area contributed by atoms with Crippen LogP contribution in [-0.4, -0.2) is 17.3 Å². The highest BCUT2D eigenvalue weighted by atomic mass is 16.5. The molecule has 2 aromatic rings. The Morgan fingerprint density at radius 2 is 2.06 bits per heavy atom. The van der Waals surface area contributed by atoms with E-state index in [1.807, 2.05) is 44.2 Å². The fourth-order valence-electron chi connectivity index (χ4n) is 1.66. The van der Waals surface area contributed by atoms with Crippen molar-refractivity contribution in [1.29, 1.82) is 0 Å². The molecule has 1 unspecified atom stereocenters. The fraction of sp³-hybridized carbons (Fsp3) is 0.467. The molecule has 1 heterocycles. The quantitative estimate of drug-likeness (QED) is 0.877. The SMILES string of the molecule is CCC(C)(C)OCC(O)c1cc2ccccc2o1. The Hall–Kier alpha value is -1.32. The number of aliphatic hydroxyl groups is 1. The minimum absolute atomic E-state index is 0.215. The molecule has 3 nitrogen and oxygen atoms in total. The van der Waals surface area contributed by atoms with Crippen LogP contribution in [0.3, 0.4) is 0 Å². The van der Waals surface area contributed by atoms with Crippen LogP contribution in [0.25, 0.3) is 11.0 Å². The van der Waals surface area contributed by atoms with Crippen LogP contribution in [0.1, 0.15) is 39.1 Å². The molecule has 1 aromatic heterocycles. The van der Waals surface area contributed by atoms with E-state index in [0.717, 1.165) is 17.4 Å². The van der Waals surface area contributed by atoms with E-state index in [9.17, 15) is 5.11 Å². The van der Waals surface area contributed by atoms with Gasteiger partial charge in [0, 0.05) is 5.39 Å². The number of hydrogen-bond acceptors (Lipinski definition) is 3. The second-order valence-corrected chi connectivity index (χ2v) is 5.13. The lowest BCUT2D eigenvalue weighted by Gasteiger charge is -2.24. The van der Waals surface area contributed by atoms with Gasteiger partial charge in [-0.05, 0) is 32.4 Å². The van der Waals surface area contributed by atoms with Gasteiger partial charge in [0.05, 0.1) is 12.2 Å². The first-order chi connectivity index (χ1) is 8.52. The van der Waals surface area contributed by atoms with Gasteiger partial charge in [-0.2, -0.15) is 0 Å². The molecule has 1 N–H and O–H groups in total. The maximum Gasteiger partial charge on any atom is 0.136 e. The van der Waals surface area contributed by atoms with Crippen LogP contribution in [0.4, 0.5) is 0 Å². The predicted octanol–water partition coefficient (Wildman–Crippen LogP) is 3.67. The minimum atomic E-state index is -0.719. The van der Waals surface area contributed by atoms with Crippen LogP contribution >= 0.6 is 0 Å². The molecule has 0 spiro atoms. The Labute approximate surface area is 107 Å². The zero-order chi connectivity index (χ0) is 13.2. The van der Waals surface area contributed by atoms with E-state index < -0.39 is 6.10 Å². The molecular formula is C15H20O3. The number of benzene rings is 1. The van der Waals surface area contributed by atoms with Crippen molar-refractivity contribution in [2.75, 3.05) is 6.61 Å². The topological polar surface area (TPSA) is 42.6 Å². The summed E-state index contributed by atoms with van der Waals surface area (Å²) in [5, 5.41) is 11.1. The van der Waals surface area contributed by atoms with E-state index in [4.69, 9.17) is 9.15 Å². The summed E-state index contributed by atoms with van der Waals surface area (Å²) in [5.41, 5.74) is 0.578. The third kappa shape index (κ3) is 2.92. The average Bonchev–Trinajstić information content (AvgIpc) is 2.80. The monoisotopic (exact) mass is 248 g/mol. The minimum Gasteiger partial charge on any atom is -0.458 e. The van der Waals surface area contributed by atoms with Crippen molar-refractivity contribution in [3.05, 3.63) is 36.1 Å². The number of furan rings is 1. The molecule has 1 atom stereocenters. The van der Waals surface area contributed by atoms with Gasteiger partial charge in [-0.1, -0.05) is 25.1 Å². The first kappa shape index (κ1) is 13.1. The summed E-state index contributed by atoms with van der Waals surface area (Å²) in [6.07, 6.45) is 0.183. The highest BCUT2D eigenvalue weighted by molar-refractivity contribution is 5.77. The number of para-hydroxylation sites is 1. The summed E-state index contributed by atoms with van der Waals surface area (Å²) in [7, 11) is 0. The first-order valence-corrected chi connectivity index (χ1v) is 6.32. The summed E-state index contributed by atoms with van der Waals surface area (Å²) < 4.78 is 11.3. The predicted molar refractivity (Wildman–Crippen MR) is 71.5 cm³/mol. The van der Waals surface area contributed by atoms with Gasteiger partial charge in [-0.25, -0.2) is 0 Å². The number of ether oxygens (including phenoxy) is 1. The van der Waals surface area contributed by atoms with E-state index >= 15 is 0 Å². The molecule has 98 valence electrons. The number of fused-ring (bicyclic) bond motifs is 1. The zero-order valence-corrected chi connectivity index (χ0v) is 11.1. The first-order valence-electron chi connectivity index (χ1n) is 6.32. The summed E-state index contributed by atoms with van der Waals surface area (Å²) in [4.78, 5) is 0. The molecule has 2 rings (SSSR count). The Bertz CT molecular complexity index is 480. The molecule has 18 heavy (non-hydrogen) atoms. The Morgan fingerprint density at radius 1 is 1.33 bits per heavy atom. The largest absolute Gasteiger partial charge is 0.458 e. The molecule has 0 amide bonds. The van der Waals surface area contributed by atoms with Gasteiger partial charge in [0.2, 0.25) is 0 Å². The van der Waals surface area contributed by atoms with E-state index in [1.54, 1.807) is 0 Å². The molecule has 0 aliphatic heterocycles. The summed E-state index contributed by atoms with van der Waals surface area (Å²) in [6, 6.07) is 9.58. The van der Waals surface area contributed by atoms with Crippen molar-refractivity contribution >= 4 is 11.0 Å². The van der Waals surface area contributed by atoms with Crippen molar-refractivity contribution in [3.8, 4) is 0 Å². The number of hydrogen-bond donors (Lipinski definition) is 1. The van der Waals surface area contributed by atoms with E-state index in [0.29, 0.717) is 5.76 Å². The van der Waals surface area contributed by atoms with Crippen LogP contribution < -0.4 is 0 Å². The zero-order valence-electron chi connectivity index (χ0n) is 11.1. The van der Waals surface area contributed by atoms with E-state index in [1.165, 1.54) is 0 Å². The van der Waals surface area contributed by atoms with Crippen LogP contribution in [0.2, 0.25) is 0 Å². The Kier molecular flexibility index (Phi) is 3.73. The van der Waals surface area contributed by atoms with Crippen molar-refractivity contribution in [1.82, 2.24) is 0 Å². The normalized spacial score (nSPS) is 14.0. The van der Waals surface area contributed by atoms with Gasteiger partial charge in [-0.15, -0.1) is 0 Å². The molecule has 1 aromatic carbocycles. The van der Waals surface area contributed by atoms with Gasteiger partial charge in [0.25, 0.3) is 0 Å². The van der Waals surface area contributed by atoms with E-state index in [-0.39, 0.29) is 12.2 Å². The second kappa shape index (κ2) is 5.12. The van der Waals surface area contributed by atoms with Crippen LogP contribution in [0.15, 0.2) is 34.7 Å². The molecule has 0 saturated carbocycles. The van der Waals surface area contributed by atoms with Crippen LogP contribution in [-0.2, 0) is 4.74 Å². The van der Waals surface area contributed by atoms with E-state index in [2.05, 4.69) is 6.92 Å².